The van der Waals surface area contributed by atoms with Gasteiger partial charge in [0.25, 0.3) is 15.2 Å². The van der Waals surface area contributed by atoms with Crippen LogP contribution in [-0.2, 0) is 27.9 Å². The van der Waals surface area contributed by atoms with Gasteiger partial charge in [-0.1, -0.05) is 20.8 Å². The molecule has 1 rings (SSSR count). The summed E-state index contributed by atoms with van der Waals surface area (Å²) in [5.74, 6) is 0.743. The van der Waals surface area contributed by atoms with E-state index in [0.717, 1.165) is 6.42 Å². The van der Waals surface area contributed by atoms with E-state index in [2.05, 4.69) is 10.2 Å². The van der Waals surface area contributed by atoms with Gasteiger partial charge in [-0.05, 0) is 12.3 Å². The first kappa shape index (κ1) is 15.1. The third-order valence-electron chi connectivity index (χ3n) is 2.18. The second kappa shape index (κ2) is 6.26. The quantitative estimate of drug-likeness (QED) is 0.731. The van der Waals surface area contributed by atoms with Crippen molar-refractivity contribution in [2.45, 2.75) is 45.5 Å². The zero-order valence-electron chi connectivity index (χ0n) is 11.0. The summed E-state index contributed by atoms with van der Waals surface area (Å²) in [5, 5.41) is 12.4. The maximum atomic E-state index is 11.4. The van der Waals surface area contributed by atoms with Crippen molar-refractivity contribution in [2.24, 2.45) is 11.1 Å². The Labute approximate surface area is 107 Å². The van der Waals surface area contributed by atoms with Gasteiger partial charge in [0.2, 0.25) is 0 Å². The summed E-state index contributed by atoms with van der Waals surface area (Å²) < 4.78 is 29.7. The molecule has 0 fully saturated rings. The van der Waals surface area contributed by atoms with E-state index in [4.69, 9.17) is 9.88 Å². The lowest BCUT2D eigenvalue weighted by Gasteiger charge is -2.11. The van der Waals surface area contributed by atoms with Crippen molar-refractivity contribution >= 4 is 10.0 Å². The van der Waals surface area contributed by atoms with E-state index in [1.54, 1.807) is 0 Å². The Balaban J connectivity index is 3.00. The molecule has 0 radical (unpaired) electrons. The molecule has 1 heterocycles. The van der Waals surface area contributed by atoms with Gasteiger partial charge in [0, 0.05) is 13.2 Å². The molecule has 104 valence electrons. The molecular formula is C10H20N4O3S. The highest BCUT2D eigenvalue weighted by Gasteiger charge is 2.21. The van der Waals surface area contributed by atoms with Gasteiger partial charge in [-0.25, -0.2) is 13.6 Å². The van der Waals surface area contributed by atoms with Crippen LogP contribution in [0.15, 0.2) is 5.16 Å². The van der Waals surface area contributed by atoms with Crippen LogP contribution >= 0.6 is 0 Å². The van der Waals surface area contributed by atoms with Gasteiger partial charge in [-0.2, -0.15) is 0 Å². The normalized spacial score (nSPS) is 12.3. The maximum absolute atomic E-state index is 11.4. The molecule has 2 N–H and O–H groups in total. The zero-order valence-corrected chi connectivity index (χ0v) is 11.8. The number of hydrogen-bond acceptors (Lipinski definition) is 5. The van der Waals surface area contributed by atoms with Crippen LogP contribution in [0, 0.1) is 5.92 Å². The maximum Gasteiger partial charge on any atom is 0.273 e. The van der Waals surface area contributed by atoms with Crippen LogP contribution in [0.2, 0.25) is 0 Å². The fourth-order valence-electron chi connectivity index (χ4n) is 1.49. The Kier molecular flexibility index (Phi) is 5.24. The van der Waals surface area contributed by atoms with Crippen LogP contribution in [-0.4, -0.2) is 29.8 Å². The van der Waals surface area contributed by atoms with Crippen molar-refractivity contribution < 1.29 is 13.2 Å². The zero-order chi connectivity index (χ0) is 13.8. The smallest absolute Gasteiger partial charge is 0.273 e. The highest BCUT2D eigenvalue weighted by molar-refractivity contribution is 7.89. The number of rotatable bonds is 7. The Morgan fingerprint density at radius 2 is 2.06 bits per heavy atom. The standard InChI is InChI=1S/C10H20N4O3S/c1-4-5-17-7-9-12-13-10(18(11,15)16)14(9)6-8(2)3/h8H,4-7H2,1-3H3,(H2,11,15,16). The van der Waals surface area contributed by atoms with E-state index in [9.17, 15) is 8.42 Å². The van der Waals surface area contributed by atoms with E-state index in [-0.39, 0.29) is 17.7 Å². The largest absolute Gasteiger partial charge is 0.373 e. The van der Waals surface area contributed by atoms with Crippen molar-refractivity contribution in [3.8, 4) is 0 Å². The SMILES string of the molecule is CCCOCc1nnc(S(N)(=O)=O)n1CC(C)C. The topological polar surface area (TPSA) is 100 Å². The first-order valence-electron chi connectivity index (χ1n) is 5.88. The molecule has 0 amide bonds. The summed E-state index contributed by atoms with van der Waals surface area (Å²) in [6.45, 7) is 7.27. The molecule has 0 atom stereocenters. The average molecular weight is 276 g/mol. The molecule has 0 aliphatic heterocycles. The van der Waals surface area contributed by atoms with Crippen LogP contribution in [0.3, 0.4) is 0 Å². The molecule has 8 heteroatoms. The Bertz CT molecular complexity index is 481. The summed E-state index contributed by atoms with van der Waals surface area (Å²) in [5.41, 5.74) is 0. The van der Waals surface area contributed by atoms with Crippen molar-refractivity contribution in [3.05, 3.63) is 5.82 Å². The van der Waals surface area contributed by atoms with Gasteiger partial charge in [-0.3, -0.25) is 4.57 Å². The van der Waals surface area contributed by atoms with Crippen LogP contribution in [0.5, 0.6) is 0 Å². The van der Waals surface area contributed by atoms with Crippen molar-refractivity contribution in [1.29, 1.82) is 0 Å². The first-order chi connectivity index (χ1) is 8.36. The van der Waals surface area contributed by atoms with Crippen LogP contribution in [0.25, 0.3) is 0 Å². The third-order valence-corrected chi connectivity index (χ3v) is 2.99. The average Bonchev–Trinajstić information content (AvgIpc) is 2.60. The predicted octanol–water partition coefficient (Wildman–Crippen LogP) is 0.508. The molecule has 0 bridgehead atoms. The minimum atomic E-state index is -3.86. The number of hydrogen-bond donors (Lipinski definition) is 1. The second-order valence-corrected chi connectivity index (χ2v) is 5.96. The molecule has 1 aromatic rings. The first-order valence-corrected chi connectivity index (χ1v) is 7.43. The van der Waals surface area contributed by atoms with Crippen LogP contribution in [0.1, 0.15) is 33.0 Å². The molecule has 0 aliphatic carbocycles. The van der Waals surface area contributed by atoms with E-state index in [0.29, 0.717) is 19.0 Å². The molecule has 0 aliphatic rings. The van der Waals surface area contributed by atoms with Gasteiger partial charge < -0.3 is 4.74 Å². The Morgan fingerprint density at radius 1 is 1.39 bits per heavy atom. The monoisotopic (exact) mass is 276 g/mol. The van der Waals surface area contributed by atoms with Gasteiger partial charge in [0.05, 0.1) is 0 Å². The molecule has 1 aromatic heterocycles. The fraction of sp³-hybridized carbons (Fsp3) is 0.800. The van der Waals surface area contributed by atoms with Crippen LogP contribution < -0.4 is 5.14 Å². The molecule has 18 heavy (non-hydrogen) atoms. The molecule has 0 unspecified atom stereocenters. The second-order valence-electron chi connectivity index (χ2n) is 4.50. The highest BCUT2D eigenvalue weighted by Crippen LogP contribution is 2.11. The lowest BCUT2D eigenvalue weighted by Crippen LogP contribution is -2.21. The lowest BCUT2D eigenvalue weighted by atomic mass is 10.2. The van der Waals surface area contributed by atoms with E-state index in [1.807, 2.05) is 20.8 Å². The highest BCUT2D eigenvalue weighted by atomic mass is 32.2. The summed E-state index contributed by atoms with van der Waals surface area (Å²) >= 11 is 0. The van der Waals surface area contributed by atoms with Crippen molar-refractivity contribution in [1.82, 2.24) is 14.8 Å². The van der Waals surface area contributed by atoms with E-state index >= 15 is 0 Å². The summed E-state index contributed by atoms with van der Waals surface area (Å²) in [7, 11) is -3.86. The number of nitrogens with two attached hydrogens (primary N) is 1. The predicted molar refractivity (Wildman–Crippen MR) is 66.2 cm³/mol. The molecular weight excluding hydrogens is 256 g/mol. The fourth-order valence-corrected chi connectivity index (χ4v) is 2.13. The number of aromatic nitrogens is 3. The lowest BCUT2D eigenvalue weighted by molar-refractivity contribution is 0.112. The van der Waals surface area contributed by atoms with Crippen molar-refractivity contribution in [2.75, 3.05) is 6.61 Å². The minimum Gasteiger partial charge on any atom is -0.373 e. The van der Waals surface area contributed by atoms with Crippen molar-refractivity contribution in [3.63, 3.8) is 0 Å². The summed E-state index contributed by atoms with van der Waals surface area (Å²) in [4.78, 5) is 0. The molecule has 0 saturated heterocycles. The molecule has 0 aromatic carbocycles. The summed E-state index contributed by atoms with van der Waals surface area (Å²) in [6.07, 6.45) is 0.889. The minimum absolute atomic E-state index is 0.203. The van der Waals surface area contributed by atoms with E-state index < -0.39 is 10.0 Å². The molecule has 7 nitrogen and oxygen atoms in total. The Hall–Kier alpha value is -0.990. The Morgan fingerprint density at radius 3 is 2.56 bits per heavy atom. The van der Waals surface area contributed by atoms with Gasteiger partial charge in [0.15, 0.2) is 5.82 Å². The number of sulfonamides is 1. The number of primary sulfonamides is 1. The number of ether oxygens (including phenoxy) is 1. The van der Waals surface area contributed by atoms with Gasteiger partial charge in [0.1, 0.15) is 6.61 Å². The van der Waals surface area contributed by atoms with Gasteiger partial charge >= 0.3 is 0 Å². The van der Waals surface area contributed by atoms with E-state index in [1.165, 1.54) is 4.57 Å². The summed E-state index contributed by atoms with van der Waals surface area (Å²) in [6, 6.07) is 0. The van der Waals surface area contributed by atoms with Gasteiger partial charge in [-0.15, -0.1) is 10.2 Å². The third kappa shape index (κ3) is 4.04. The number of nitrogens with zero attached hydrogens (tertiary/aromatic N) is 3. The molecule has 0 spiro atoms. The molecule has 0 saturated carbocycles. The van der Waals surface area contributed by atoms with Crippen LogP contribution in [0.4, 0.5) is 0 Å².